The molecule has 0 aromatic heterocycles. The molecule has 0 bridgehead atoms. The zero-order valence-corrected chi connectivity index (χ0v) is 13.7. The van der Waals surface area contributed by atoms with E-state index in [2.05, 4.69) is 21.2 Å². The van der Waals surface area contributed by atoms with Crippen LogP contribution in [0.1, 0.15) is 11.1 Å². The number of rotatable bonds is 3. The number of carbonyl (C=O) groups excluding carboxylic acids is 1. The zero-order valence-electron chi connectivity index (χ0n) is 11.4. The SMILES string of the molecule is O=C(NCc1cc(Br)ccc1F)C1Cc2cc(Cl)ccc2O1. The summed E-state index contributed by atoms with van der Waals surface area (Å²) >= 11 is 9.20. The van der Waals surface area contributed by atoms with E-state index < -0.39 is 6.10 Å². The molecule has 3 nitrogen and oxygen atoms in total. The lowest BCUT2D eigenvalue weighted by atomic mass is 10.1. The number of benzene rings is 2. The summed E-state index contributed by atoms with van der Waals surface area (Å²) in [6.07, 6.45) is -0.147. The van der Waals surface area contributed by atoms with Gasteiger partial charge < -0.3 is 10.1 Å². The molecule has 1 N–H and O–H groups in total. The number of hydrogen-bond acceptors (Lipinski definition) is 2. The van der Waals surface area contributed by atoms with Crippen LogP contribution in [0.25, 0.3) is 0 Å². The minimum atomic E-state index is -0.608. The first-order valence-electron chi connectivity index (χ1n) is 6.69. The van der Waals surface area contributed by atoms with Crippen LogP contribution in [-0.2, 0) is 17.8 Å². The fourth-order valence-electron chi connectivity index (χ4n) is 2.34. The Morgan fingerprint density at radius 3 is 3.00 bits per heavy atom. The van der Waals surface area contributed by atoms with Crippen LogP contribution in [0.15, 0.2) is 40.9 Å². The van der Waals surface area contributed by atoms with Crippen molar-refractivity contribution in [3.05, 3.63) is 62.8 Å². The summed E-state index contributed by atoms with van der Waals surface area (Å²) in [4.78, 5) is 12.2. The highest BCUT2D eigenvalue weighted by Gasteiger charge is 2.29. The van der Waals surface area contributed by atoms with E-state index in [1.807, 2.05) is 0 Å². The lowest BCUT2D eigenvalue weighted by molar-refractivity contribution is -0.127. The summed E-state index contributed by atoms with van der Waals surface area (Å²) in [5.41, 5.74) is 1.32. The van der Waals surface area contributed by atoms with E-state index in [0.717, 1.165) is 10.0 Å². The Labute approximate surface area is 140 Å². The summed E-state index contributed by atoms with van der Waals surface area (Å²) in [6.45, 7) is 0.112. The van der Waals surface area contributed by atoms with Crippen molar-refractivity contribution in [3.8, 4) is 5.75 Å². The van der Waals surface area contributed by atoms with Crippen molar-refractivity contribution in [2.24, 2.45) is 0 Å². The van der Waals surface area contributed by atoms with E-state index in [-0.39, 0.29) is 18.3 Å². The molecule has 0 aliphatic carbocycles. The van der Waals surface area contributed by atoms with Crippen LogP contribution in [0.5, 0.6) is 5.75 Å². The van der Waals surface area contributed by atoms with Crippen molar-refractivity contribution >= 4 is 33.4 Å². The quantitative estimate of drug-likeness (QED) is 0.872. The molecule has 2 aromatic carbocycles. The number of nitrogens with one attached hydrogen (secondary N) is 1. The first-order valence-corrected chi connectivity index (χ1v) is 7.87. The number of hydrogen-bond donors (Lipinski definition) is 1. The average molecular weight is 385 g/mol. The molecule has 0 fully saturated rings. The summed E-state index contributed by atoms with van der Waals surface area (Å²) in [6, 6.07) is 9.87. The minimum Gasteiger partial charge on any atom is -0.480 e. The van der Waals surface area contributed by atoms with Gasteiger partial charge in [0.25, 0.3) is 5.91 Å². The minimum absolute atomic E-state index is 0.112. The van der Waals surface area contributed by atoms with Gasteiger partial charge in [-0.2, -0.15) is 0 Å². The van der Waals surface area contributed by atoms with Gasteiger partial charge in [0.2, 0.25) is 0 Å². The molecule has 3 rings (SSSR count). The molecule has 1 heterocycles. The van der Waals surface area contributed by atoms with Crippen LogP contribution in [0.2, 0.25) is 5.02 Å². The lowest BCUT2D eigenvalue weighted by Crippen LogP contribution is -2.37. The van der Waals surface area contributed by atoms with Gasteiger partial charge in [-0.3, -0.25) is 4.79 Å². The van der Waals surface area contributed by atoms with Crippen molar-refractivity contribution in [1.82, 2.24) is 5.32 Å². The predicted octanol–water partition coefficient (Wildman–Crippen LogP) is 3.86. The smallest absolute Gasteiger partial charge is 0.261 e. The Bertz CT molecular complexity index is 738. The van der Waals surface area contributed by atoms with Crippen LogP contribution >= 0.6 is 27.5 Å². The first kappa shape index (κ1) is 15.3. The first-order chi connectivity index (χ1) is 10.5. The molecule has 114 valence electrons. The normalized spacial score (nSPS) is 16.0. The number of halogens is 3. The molecule has 22 heavy (non-hydrogen) atoms. The maximum Gasteiger partial charge on any atom is 0.261 e. The summed E-state index contributed by atoms with van der Waals surface area (Å²) in [7, 11) is 0. The number of ether oxygens (including phenoxy) is 1. The summed E-state index contributed by atoms with van der Waals surface area (Å²) in [5, 5.41) is 3.31. The summed E-state index contributed by atoms with van der Waals surface area (Å²) in [5.74, 6) is 0.0378. The fraction of sp³-hybridized carbons (Fsp3) is 0.188. The number of carbonyl (C=O) groups is 1. The van der Waals surface area contributed by atoms with E-state index in [9.17, 15) is 9.18 Å². The lowest BCUT2D eigenvalue weighted by Gasteiger charge is -2.12. The highest BCUT2D eigenvalue weighted by atomic mass is 79.9. The van der Waals surface area contributed by atoms with Crippen molar-refractivity contribution < 1.29 is 13.9 Å². The standard InChI is InChI=1S/C16H12BrClFNO2/c17-11-1-3-13(19)10(5-11)8-20-16(21)15-7-9-6-12(18)2-4-14(9)22-15/h1-6,15H,7-8H2,(H,20,21). The molecule has 1 atom stereocenters. The largest absolute Gasteiger partial charge is 0.480 e. The van der Waals surface area contributed by atoms with Gasteiger partial charge in [0.05, 0.1) is 0 Å². The second kappa shape index (κ2) is 6.26. The van der Waals surface area contributed by atoms with Gasteiger partial charge in [-0.05, 0) is 42.0 Å². The van der Waals surface area contributed by atoms with Gasteiger partial charge >= 0.3 is 0 Å². The second-order valence-electron chi connectivity index (χ2n) is 5.02. The predicted molar refractivity (Wildman–Crippen MR) is 85.5 cm³/mol. The van der Waals surface area contributed by atoms with Crippen molar-refractivity contribution in [2.75, 3.05) is 0 Å². The average Bonchev–Trinajstić information content (AvgIpc) is 2.91. The topological polar surface area (TPSA) is 38.3 Å². The fourth-order valence-corrected chi connectivity index (χ4v) is 2.94. The molecular weight excluding hydrogens is 373 g/mol. The van der Waals surface area contributed by atoms with Crippen LogP contribution in [0.4, 0.5) is 4.39 Å². The Kier molecular flexibility index (Phi) is 4.36. The zero-order chi connectivity index (χ0) is 15.7. The maximum absolute atomic E-state index is 13.6. The van der Waals surface area contributed by atoms with Crippen LogP contribution in [0, 0.1) is 5.82 Å². The Morgan fingerprint density at radius 2 is 2.18 bits per heavy atom. The number of fused-ring (bicyclic) bond motifs is 1. The van der Waals surface area contributed by atoms with Crippen LogP contribution in [0.3, 0.4) is 0 Å². The molecule has 1 amide bonds. The van der Waals surface area contributed by atoms with E-state index >= 15 is 0 Å². The summed E-state index contributed by atoms with van der Waals surface area (Å²) < 4.78 is 20.0. The third-order valence-corrected chi connectivity index (χ3v) is 4.18. The monoisotopic (exact) mass is 383 g/mol. The van der Waals surface area contributed by atoms with Gasteiger partial charge in [-0.15, -0.1) is 0 Å². The molecular formula is C16H12BrClFNO2. The van der Waals surface area contributed by atoms with Gasteiger partial charge in [0, 0.05) is 28.0 Å². The molecule has 0 spiro atoms. The Balaban J connectivity index is 1.63. The van der Waals surface area contributed by atoms with E-state index in [4.69, 9.17) is 16.3 Å². The Morgan fingerprint density at radius 1 is 1.36 bits per heavy atom. The third-order valence-electron chi connectivity index (χ3n) is 3.45. The van der Waals surface area contributed by atoms with Gasteiger partial charge in [0.15, 0.2) is 6.10 Å². The van der Waals surface area contributed by atoms with E-state index in [1.54, 1.807) is 30.3 Å². The molecule has 6 heteroatoms. The van der Waals surface area contributed by atoms with E-state index in [0.29, 0.717) is 22.8 Å². The third kappa shape index (κ3) is 3.25. The molecule has 1 unspecified atom stereocenters. The molecule has 0 saturated carbocycles. The van der Waals surface area contributed by atoms with Gasteiger partial charge in [-0.1, -0.05) is 27.5 Å². The second-order valence-corrected chi connectivity index (χ2v) is 6.37. The number of amides is 1. The molecule has 0 radical (unpaired) electrons. The highest BCUT2D eigenvalue weighted by molar-refractivity contribution is 9.10. The van der Waals surface area contributed by atoms with Crippen LogP contribution in [-0.4, -0.2) is 12.0 Å². The van der Waals surface area contributed by atoms with Crippen molar-refractivity contribution in [2.45, 2.75) is 19.1 Å². The Hall–Kier alpha value is -1.59. The van der Waals surface area contributed by atoms with Crippen molar-refractivity contribution in [3.63, 3.8) is 0 Å². The van der Waals surface area contributed by atoms with Crippen LogP contribution < -0.4 is 10.1 Å². The van der Waals surface area contributed by atoms with Crippen molar-refractivity contribution in [1.29, 1.82) is 0 Å². The van der Waals surface area contributed by atoms with Gasteiger partial charge in [0.1, 0.15) is 11.6 Å². The maximum atomic E-state index is 13.6. The highest BCUT2D eigenvalue weighted by Crippen LogP contribution is 2.31. The molecule has 1 aliphatic heterocycles. The van der Waals surface area contributed by atoms with E-state index in [1.165, 1.54) is 6.07 Å². The molecule has 1 aliphatic rings. The molecule has 2 aromatic rings. The van der Waals surface area contributed by atoms with Gasteiger partial charge in [-0.25, -0.2) is 4.39 Å². The molecule has 0 saturated heterocycles.